The van der Waals surface area contributed by atoms with E-state index in [4.69, 9.17) is 4.42 Å². The van der Waals surface area contributed by atoms with Gasteiger partial charge in [-0.05, 0) is 41.6 Å². The van der Waals surface area contributed by atoms with Crippen molar-refractivity contribution in [2.75, 3.05) is 0 Å². The van der Waals surface area contributed by atoms with Crippen molar-refractivity contribution in [1.29, 1.82) is 0 Å². The third kappa shape index (κ3) is 2.60. The molecule has 4 rings (SSSR count). The van der Waals surface area contributed by atoms with Crippen LogP contribution < -0.4 is 0 Å². The van der Waals surface area contributed by atoms with E-state index in [1.165, 1.54) is 12.8 Å². The zero-order chi connectivity index (χ0) is 14.2. The van der Waals surface area contributed by atoms with Gasteiger partial charge in [0.2, 0.25) is 11.0 Å². The molecular weight excluding hydrogens is 306 g/mol. The lowest BCUT2D eigenvalue weighted by Gasteiger charge is -2.00. The normalized spacial score (nSPS) is 14.7. The molecule has 0 saturated heterocycles. The van der Waals surface area contributed by atoms with Crippen LogP contribution >= 0.6 is 23.1 Å². The number of thioether (sulfide) groups is 1. The molecule has 1 fully saturated rings. The molecule has 8 heteroatoms. The van der Waals surface area contributed by atoms with Crippen molar-refractivity contribution in [3.63, 3.8) is 0 Å². The van der Waals surface area contributed by atoms with Crippen LogP contribution in [0.25, 0.3) is 11.5 Å². The van der Waals surface area contributed by atoms with Crippen molar-refractivity contribution >= 4 is 23.1 Å². The molecule has 3 aromatic rings. The average molecular weight is 319 g/mol. The van der Waals surface area contributed by atoms with Gasteiger partial charge in [-0.25, -0.2) is 9.67 Å². The lowest BCUT2D eigenvalue weighted by Crippen LogP contribution is -1.99. The van der Waals surface area contributed by atoms with E-state index in [9.17, 15) is 0 Å². The van der Waals surface area contributed by atoms with Crippen molar-refractivity contribution in [2.24, 2.45) is 0 Å². The largest absolute Gasteiger partial charge is 0.441 e. The number of oxazole rings is 1. The number of tetrazole rings is 1. The molecule has 0 aliphatic heterocycles. The van der Waals surface area contributed by atoms with Gasteiger partial charge in [0.05, 0.1) is 11.7 Å². The number of aromatic nitrogens is 5. The van der Waals surface area contributed by atoms with E-state index >= 15 is 0 Å². The van der Waals surface area contributed by atoms with Crippen LogP contribution in [0.5, 0.6) is 0 Å². The highest BCUT2D eigenvalue weighted by atomic mass is 32.2. The van der Waals surface area contributed by atoms with Crippen LogP contribution in [0.4, 0.5) is 0 Å². The minimum absolute atomic E-state index is 0.488. The fourth-order valence-electron chi connectivity index (χ4n) is 2.03. The minimum atomic E-state index is 0.488. The maximum atomic E-state index is 5.74. The number of rotatable bonds is 5. The lowest BCUT2D eigenvalue weighted by molar-refractivity contribution is 0.540. The predicted molar refractivity (Wildman–Crippen MR) is 80.2 cm³/mol. The molecule has 0 unspecified atom stereocenters. The van der Waals surface area contributed by atoms with Crippen LogP contribution in [0.2, 0.25) is 0 Å². The molecule has 3 heterocycles. The maximum absolute atomic E-state index is 5.74. The molecule has 21 heavy (non-hydrogen) atoms. The van der Waals surface area contributed by atoms with Gasteiger partial charge < -0.3 is 4.42 Å². The lowest BCUT2D eigenvalue weighted by atomic mass is 10.3. The van der Waals surface area contributed by atoms with E-state index in [1.807, 2.05) is 28.4 Å². The standard InChI is InChI=1S/C13H13N5OS2/c1-8-11(14-12(19-8)9-4-5-20-6-9)7-21-13-15-16-17-18(13)10-2-3-10/h4-6,10H,2-3,7H2,1H3. The molecule has 0 aromatic carbocycles. The SMILES string of the molecule is Cc1oc(-c2ccsc2)nc1CSc1nnnn1C1CC1. The minimum Gasteiger partial charge on any atom is -0.441 e. The summed E-state index contributed by atoms with van der Waals surface area (Å²) >= 11 is 3.24. The number of aryl methyl sites for hydroxylation is 1. The summed E-state index contributed by atoms with van der Waals surface area (Å²) in [5.74, 6) is 2.26. The Balaban J connectivity index is 1.51. The van der Waals surface area contributed by atoms with Gasteiger partial charge in [0.1, 0.15) is 5.76 Å². The van der Waals surface area contributed by atoms with Gasteiger partial charge in [0.25, 0.3) is 0 Å². The molecule has 0 bridgehead atoms. The van der Waals surface area contributed by atoms with Crippen molar-refractivity contribution in [2.45, 2.75) is 36.7 Å². The Morgan fingerprint density at radius 2 is 2.38 bits per heavy atom. The van der Waals surface area contributed by atoms with E-state index in [-0.39, 0.29) is 0 Å². The second-order valence-electron chi connectivity index (χ2n) is 4.96. The molecule has 1 aliphatic carbocycles. The first-order chi connectivity index (χ1) is 10.3. The molecule has 1 saturated carbocycles. The second-order valence-corrected chi connectivity index (χ2v) is 6.68. The number of hydrogen-bond donors (Lipinski definition) is 0. The third-order valence-electron chi connectivity index (χ3n) is 3.35. The molecule has 0 spiro atoms. The Morgan fingerprint density at radius 1 is 1.48 bits per heavy atom. The van der Waals surface area contributed by atoms with Crippen LogP contribution in [0, 0.1) is 6.92 Å². The number of thiophene rings is 1. The van der Waals surface area contributed by atoms with Gasteiger partial charge in [-0.15, -0.1) is 5.10 Å². The Labute approximate surface area is 129 Å². The van der Waals surface area contributed by atoms with Crippen LogP contribution in [-0.2, 0) is 5.75 Å². The summed E-state index contributed by atoms with van der Waals surface area (Å²) in [6.45, 7) is 1.95. The highest BCUT2D eigenvalue weighted by Crippen LogP contribution is 2.37. The van der Waals surface area contributed by atoms with E-state index in [1.54, 1.807) is 23.1 Å². The summed E-state index contributed by atoms with van der Waals surface area (Å²) < 4.78 is 7.66. The van der Waals surface area contributed by atoms with E-state index < -0.39 is 0 Å². The third-order valence-corrected chi connectivity index (χ3v) is 4.98. The fraction of sp³-hybridized carbons (Fsp3) is 0.385. The molecular formula is C13H13N5OS2. The average Bonchev–Trinajstić information content (AvgIpc) is 2.94. The summed E-state index contributed by atoms with van der Waals surface area (Å²) in [6.07, 6.45) is 2.34. The highest BCUT2D eigenvalue weighted by Gasteiger charge is 2.28. The van der Waals surface area contributed by atoms with Crippen LogP contribution in [0.1, 0.15) is 30.3 Å². The zero-order valence-corrected chi connectivity index (χ0v) is 13.0. The van der Waals surface area contributed by atoms with E-state index in [0.29, 0.717) is 17.7 Å². The van der Waals surface area contributed by atoms with Crippen molar-refractivity contribution in [1.82, 2.24) is 25.2 Å². The quantitative estimate of drug-likeness (QED) is 0.672. The summed E-state index contributed by atoms with van der Waals surface area (Å²) in [4.78, 5) is 4.58. The molecule has 0 radical (unpaired) electrons. The Morgan fingerprint density at radius 3 is 3.14 bits per heavy atom. The van der Waals surface area contributed by atoms with Crippen molar-refractivity contribution in [3.05, 3.63) is 28.3 Å². The molecule has 0 amide bonds. The first-order valence-electron chi connectivity index (χ1n) is 6.71. The van der Waals surface area contributed by atoms with Gasteiger partial charge in [0, 0.05) is 16.7 Å². The smallest absolute Gasteiger partial charge is 0.227 e. The van der Waals surface area contributed by atoms with Gasteiger partial charge >= 0.3 is 0 Å². The van der Waals surface area contributed by atoms with E-state index in [2.05, 4.69) is 20.5 Å². The van der Waals surface area contributed by atoms with Gasteiger partial charge in [-0.2, -0.15) is 11.3 Å². The molecule has 108 valence electrons. The van der Waals surface area contributed by atoms with Crippen LogP contribution in [0.3, 0.4) is 0 Å². The molecule has 6 nitrogen and oxygen atoms in total. The monoisotopic (exact) mass is 319 g/mol. The first-order valence-corrected chi connectivity index (χ1v) is 8.63. The predicted octanol–water partition coefficient (Wildman–Crippen LogP) is 3.33. The van der Waals surface area contributed by atoms with Crippen LogP contribution in [-0.4, -0.2) is 25.2 Å². The van der Waals surface area contributed by atoms with Gasteiger partial charge in [-0.1, -0.05) is 11.8 Å². The summed E-state index contributed by atoms with van der Waals surface area (Å²) in [5.41, 5.74) is 1.98. The number of hydrogen-bond acceptors (Lipinski definition) is 7. The highest BCUT2D eigenvalue weighted by molar-refractivity contribution is 7.98. The fourth-order valence-corrected chi connectivity index (χ4v) is 3.61. The topological polar surface area (TPSA) is 69.6 Å². The van der Waals surface area contributed by atoms with Crippen molar-refractivity contribution in [3.8, 4) is 11.5 Å². The molecule has 0 N–H and O–H groups in total. The first kappa shape index (κ1) is 13.0. The summed E-state index contributed by atoms with van der Waals surface area (Å²) in [6, 6.07) is 2.50. The molecule has 1 aliphatic rings. The zero-order valence-electron chi connectivity index (χ0n) is 11.4. The van der Waals surface area contributed by atoms with E-state index in [0.717, 1.165) is 22.2 Å². The number of nitrogens with zero attached hydrogens (tertiary/aromatic N) is 5. The summed E-state index contributed by atoms with van der Waals surface area (Å²) in [7, 11) is 0. The Kier molecular flexibility index (Phi) is 3.27. The molecule has 0 atom stereocenters. The second kappa shape index (κ2) is 5.27. The Bertz CT molecular complexity index is 745. The Hall–Kier alpha value is -1.67. The maximum Gasteiger partial charge on any atom is 0.227 e. The van der Waals surface area contributed by atoms with Crippen molar-refractivity contribution < 1.29 is 4.42 Å². The van der Waals surface area contributed by atoms with Gasteiger partial charge in [-0.3, -0.25) is 0 Å². The summed E-state index contributed by atoms with van der Waals surface area (Å²) in [5, 5.41) is 16.8. The molecule has 3 aromatic heterocycles. The van der Waals surface area contributed by atoms with Crippen LogP contribution in [0.15, 0.2) is 26.4 Å². The van der Waals surface area contributed by atoms with Gasteiger partial charge in [0.15, 0.2) is 0 Å².